The van der Waals surface area contributed by atoms with E-state index in [0.29, 0.717) is 6.61 Å². The second-order valence-electron chi connectivity index (χ2n) is 5.37. The van der Waals surface area contributed by atoms with Crippen LogP contribution in [-0.4, -0.2) is 48.8 Å². The Morgan fingerprint density at radius 1 is 1.12 bits per heavy atom. The summed E-state index contributed by atoms with van der Waals surface area (Å²) >= 11 is 0. The lowest BCUT2D eigenvalue weighted by molar-refractivity contribution is 0.123. The maximum Gasteiger partial charge on any atom is 0.0558 e. The highest BCUT2D eigenvalue weighted by Gasteiger charge is 2.25. The molecule has 17 heavy (non-hydrogen) atoms. The fourth-order valence-corrected chi connectivity index (χ4v) is 3.23. The van der Waals surface area contributed by atoms with Crippen molar-refractivity contribution in [2.45, 2.75) is 44.6 Å². The van der Waals surface area contributed by atoms with Gasteiger partial charge >= 0.3 is 0 Å². The Kier molecular flexibility index (Phi) is 7.44. The van der Waals surface area contributed by atoms with Crippen LogP contribution in [0.2, 0.25) is 0 Å². The van der Waals surface area contributed by atoms with Gasteiger partial charge in [0.15, 0.2) is 0 Å². The maximum absolute atomic E-state index is 9.17. The molecule has 1 atom stereocenters. The lowest BCUT2D eigenvalue weighted by Gasteiger charge is -2.33. The van der Waals surface area contributed by atoms with Crippen molar-refractivity contribution in [3.05, 3.63) is 0 Å². The average Bonchev–Trinajstić information content (AvgIpc) is 2.83. The van der Waals surface area contributed by atoms with Gasteiger partial charge in [0.25, 0.3) is 0 Å². The topological polar surface area (TPSA) is 35.5 Å². The zero-order valence-electron chi connectivity index (χ0n) is 10.7. The van der Waals surface area contributed by atoms with Crippen LogP contribution in [0.25, 0.3) is 0 Å². The first-order valence-electron chi connectivity index (χ1n) is 6.96. The van der Waals surface area contributed by atoms with E-state index in [1.165, 1.54) is 58.2 Å². The number of aliphatic hydroxyl groups is 1. The molecular formula is C13H27ClN2O. The number of halogens is 1. The smallest absolute Gasteiger partial charge is 0.0558 e. The SMILES string of the molecule is Cl.OCCN(CC1CCCNC1)C1CCCC1. The summed E-state index contributed by atoms with van der Waals surface area (Å²) in [6, 6.07) is 0.758. The molecule has 0 spiro atoms. The van der Waals surface area contributed by atoms with Gasteiger partial charge in [-0.3, -0.25) is 4.90 Å². The molecule has 1 aliphatic carbocycles. The highest BCUT2D eigenvalue weighted by Crippen LogP contribution is 2.25. The molecule has 1 heterocycles. The number of nitrogens with zero attached hydrogens (tertiary/aromatic N) is 1. The third-order valence-electron chi connectivity index (χ3n) is 4.12. The van der Waals surface area contributed by atoms with Crippen molar-refractivity contribution in [1.82, 2.24) is 10.2 Å². The van der Waals surface area contributed by atoms with Crippen LogP contribution in [0.4, 0.5) is 0 Å². The highest BCUT2D eigenvalue weighted by atomic mass is 35.5. The van der Waals surface area contributed by atoms with Crippen LogP contribution in [0.5, 0.6) is 0 Å². The summed E-state index contributed by atoms with van der Waals surface area (Å²) in [5.41, 5.74) is 0. The summed E-state index contributed by atoms with van der Waals surface area (Å²) in [6.07, 6.45) is 8.15. The van der Waals surface area contributed by atoms with Crippen molar-refractivity contribution >= 4 is 12.4 Å². The van der Waals surface area contributed by atoms with Crippen LogP contribution in [0.1, 0.15) is 38.5 Å². The van der Waals surface area contributed by atoms with E-state index in [2.05, 4.69) is 10.2 Å². The number of nitrogens with one attached hydrogen (secondary N) is 1. The molecule has 1 aliphatic heterocycles. The van der Waals surface area contributed by atoms with Gasteiger partial charge in [0, 0.05) is 19.1 Å². The van der Waals surface area contributed by atoms with Gasteiger partial charge in [-0.25, -0.2) is 0 Å². The Morgan fingerprint density at radius 3 is 2.47 bits per heavy atom. The van der Waals surface area contributed by atoms with Gasteiger partial charge in [0.1, 0.15) is 0 Å². The third kappa shape index (κ3) is 4.74. The van der Waals surface area contributed by atoms with Crippen LogP contribution in [0, 0.1) is 5.92 Å². The lowest BCUT2D eigenvalue weighted by atomic mass is 9.98. The first kappa shape index (κ1) is 15.2. The summed E-state index contributed by atoms with van der Waals surface area (Å²) in [7, 11) is 0. The van der Waals surface area contributed by atoms with Crippen molar-refractivity contribution in [1.29, 1.82) is 0 Å². The van der Waals surface area contributed by atoms with Crippen LogP contribution >= 0.6 is 12.4 Å². The Hall–Kier alpha value is 0.170. The van der Waals surface area contributed by atoms with Crippen molar-refractivity contribution in [2.75, 3.05) is 32.8 Å². The maximum atomic E-state index is 9.17. The highest BCUT2D eigenvalue weighted by molar-refractivity contribution is 5.85. The van der Waals surface area contributed by atoms with E-state index in [9.17, 15) is 0 Å². The Morgan fingerprint density at radius 2 is 1.88 bits per heavy atom. The van der Waals surface area contributed by atoms with Crippen LogP contribution in [0.3, 0.4) is 0 Å². The molecule has 0 aromatic carbocycles. The molecule has 0 aromatic rings. The van der Waals surface area contributed by atoms with Crippen molar-refractivity contribution in [2.24, 2.45) is 5.92 Å². The minimum absolute atomic E-state index is 0. The molecule has 2 fully saturated rings. The number of piperidine rings is 1. The molecule has 3 nitrogen and oxygen atoms in total. The van der Waals surface area contributed by atoms with Crippen molar-refractivity contribution < 1.29 is 5.11 Å². The number of hydrogen-bond donors (Lipinski definition) is 2. The fourth-order valence-electron chi connectivity index (χ4n) is 3.23. The Balaban J connectivity index is 0.00000144. The average molecular weight is 263 g/mol. The summed E-state index contributed by atoms with van der Waals surface area (Å²) in [4.78, 5) is 2.55. The molecule has 2 aliphatic rings. The minimum atomic E-state index is 0. The van der Waals surface area contributed by atoms with Crippen LogP contribution in [0.15, 0.2) is 0 Å². The first-order valence-corrected chi connectivity index (χ1v) is 6.96. The molecule has 2 rings (SSSR count). The third-order valence-corrected chi connectivity index (χ3v) is 4.12. The second-order valence-corrected chi connectivity index (χ2v) is 5.37. The molecule has 102 valence electrons. The normalized spacial score (nSPS) is 26.1. The van der Waals surface area contributed by atoms with E-state index in [1.807, 2.05) is 0 Å². The van der Waals surface area contributed by atoms with Crippen molar-refractivity contribution in [3.63, 3.8) is 0 Å². The molecular weight excluding hydrogens is 236 g/mol. The van der Waals surface area contributed by atoms with E-state index in [-0.39, 0.29) is 12.4 Å². The van der Waals surface area contributed by atoms with Gasteiger partial charge < -0.3 is 10.4 Å². The van der Waals surface area contributed by atoms with Crippen LogP contribution < -0.4 is 5.32 Å². The predicted molar refractivity (Wildman–Crippen MR) is 73.8 cm³/mol. The first-order chi connectivity index (χ1) is 7.90. The molecule has 0 radical (unpaired) electrons. The van der Waals surface area contributed by atoms with Gasteiger partial charge in [-0.1, -0.05) is 12.8 Å². The van der Waals surface area contributed by atoms with E-state index in [1.54, 1.807) is 0 Å². The van der Waals surface area contributed by atoms with Gasteiger partial charge in [0.2, 0.25) is 0 Å². The molecule has 2 N–H and O–H groups in total. The zero-order valence-corrected chi connectivity index (χ0v) is 11.6. The summed E-state index contributed by atoms with van der Waals surface area (Å²) in [5.74, 6) is 0.806. The van der Waals surface area contributed by atoms with Crippen molar-refractivity contribution in [3.8, 4) is 0 Å². The number of rotatable bonds is 5. The number of aliphatic hydroxyl groups excluding tert-OH is 1. The molecule has 4 heteroatoms. The van der Waals surface area contributed by atoms with E-state index >= 15 is 0 Å². The fraction of sp³-hybridized carbons (Fsp3) is 1.00. The van der Waals surface area contributed by atoms with Gasteiger partial charge in [-0.05, 0) is 44.7 Å². The lowest BCUT2D eigenvalue weighted by Crippen LogP contribution is -2.43. The van der Waals surface area contributed by atoms with E-state index < -0.39 is 0 Å². The predicted octanol–water partition coefficient (Wildman–Crippen LogP) is 1.64. The molecule has 0 amide bonds. The molecule has 1 unspecified atom stereocenters. The van der Waals surface area contributed by atoms with E-state index in [0.717, 1.165) is 18.5 Å². The summed E-state index contributed by atoms with van der Waals surface area (Å²) in [5, 5.41) is 12.7. The van der Waals surface area contributed by atoms with Gasteiger partial charge in [0.05, 0.1) is 6.61 Å². The molecule has 1 saturated carbocycles. The monoisotopic (exact) mass is 262 g/mol. The standard InChI is InChI=1S/C13H26N2O.ClH/c16-9-8-15(13-5-1-2-6-13)11-12-4-3-7-14-10-12;/h12-14,16H,1-11H2;1H. The number of hydrogen-bond acceptors (Lipinski definition) is 3. The Labute approximate surface area is 111 Å². The minimum Gasteiger partial charge on any atom is -0.395 e. The van der Waals surface area contributed by atoms with Crippen LogP contribution in [-0.2, 0) is 0 Å². The molecule has 0 bridgehead atoms. The molecule has 0 aromatic heterocycles. The van der Waals surface area contributed by atoms with Gasteiger partial charge in [-0.15, -0.1) is 12.4 Å². The summed E-state index contributed by atoms with van der Waals surface area (Å²) < 4.78 is 0. The van der Waals surface area contributed by atoms with E-state index in [4.69, 9.17) is 5.11 Å². The Bertz CT molecular complexity index is 192. The summed E-state index contributed by atoms with van der Waals surface area (Å²) in [6.45, 7) is 4.75. The zero-order chi connectivity index (χ0) is 11.2. The van der Waals surface area contributed by atoms with Gasteiger partial charge in [-0.2, -0.15) is 0 Å². The molecule has 1 saturated heterocycles. The second kappa shape index (κ2) is 8.30. The quantitative estimate of drug-likeness (QED) is 0.791. The largest absolute Gasteiger partial charge is 0.395 e.